The lowest BCUT2D eigenvalue weighted by Gasteiger charge is -2.23. The lowest BCUT2D eigenvalue weighted by Crippen LogP contribution is -2.34. The molecule has 1 unspecified atom stereocenters. The number of Topliss-reactive ketones (excluding diaryl/α,β-unsaturated/α-hetero) is 1. The van der Waals surface area contributed by atoms with E-state index in [2.05, 4.69) is 10.2 Å². The Morgan fingerprint density at radius 1 is 1.24 bits per heavy atom. The molecule has 33 heavy (non-hydrogen) atoms. The third-order valence-corrected chi connectivity index (χ3v) is 7.64. The summed E-state index contributed by atoms with van der Waals surface area (Å²) in [5.41, 5.74) is 1.62. The van der Waals surface area contributed by atoms with Crippen LogP contribution in [0.15, 0.2) is 23.0 Å². The van der Waals surface area contributed by atoms with Gasteiger partial charge in [0.1, 0.15) is 16.4 Å². The zero-order valence-corrected chi connectivity index (χ0v) is 19.8. The Labute approximate surface area is 195 Å². The van der Waals surface area contributed by atoms with Gasteiger partial charge in [0, 0.05) is 10.4 Å². The molecule has 0 spiro atoms. The fourth-order valence-electron chi connectivity index (χ4n) is 4.59. The Morgan fingerprint density at radius 2 is 2.00 bits per heavy atom. The molecule has 1 fully saturated rings. The van der Waals surface area contributed by atoms with Gasteiger partial charge in [-0.1, -0.05) is 0 Å². The van der Waals surface area contributed by atoms with Gasteiger partial charge in [0.15, 0.2) is 12.4 Å². The van der Waals surface area contributed by atoms with E-state index in [0.717, 1.165) is 41.2 Å². The first-order valence-corrected chi connectivity index (χ1v) is 12.0. The number of carbonyl (C=O) groups excluding carboxylic acids is 2. The first-order valence-electron chi connectivity index (χ1n) is 11.2. The number of fused-ring (bicyclic) bond motifs is 2. The Hall–Kier alpha value is -3.04. The highest BCUT2D eigenvalue weighted by atomic mass is 32.1. The summed E-state index contributed by atoms with van der Waals surface area (Å²) >= 11 is 1.52. The van der Waals surface area contributed by atoms with Crippen molar-refractivity contribution in [3.8, 4) is 5.75 Å². The number of ketones is 1. The van der Waals surface area contributed by atoms with Gasteiger partial charge in [-0.3, -0.25) is 23.9 Å². The third kappa shape index (κ3) is 3.85. The highest BCUT2D eigenvalue weighted by Crippen LogP contribution is 2.31. The van der Waals surface area contributed by atoms with Crippen LogP contribution in [0.3, 0.4) is 0 Å². The van der Waals surface area contributed by atoms with E-state index in [1.807, 2.05) is 13.8 Å². The Balaban J connectivity index is 1.58. The highest BCUT2D eigenvalue weighted by Gasteiger charge is 2.27. The summed E-state index contributed by atoms with van der Waals surface area (Å²) < 4.78 is 6.97. The third-order valence-electron chi connectivity index (χ3n) is 6.54. The molecule has 2 aliphatic heterocycles. The Kier molecular flexibility index (Phi) is 5.54. The minimum absolute atomic E-state index is 0.0446. The molecular formula is C24H26N4O4S. The number of carbonyl (C=O) groups is 2. The van der Waals surface area contributed by atoms with Gasteiger partial charge in [-0.15, -0.1) is 11.3 Å². The molecule has 1 N–H and O–H groups in total. The molecule has 3 aromatic rings. The lowest BCUT2D eigenvalue weighted by atomic mass is 10.0. The van der Waals surface area contributed by atoms with E-state index in [9.17, 15) is 14.4 Å². The second-order valence-electron chi connectivity index (χ2n) is 8.74. The van der Waals surface area contributed by atoms with Crippen LogP contribution in [0.25, 0.3) is 10.2 Å². The van der Waals surface area contributed by atoms with Crippen LogP contribution in [0.1, 0.15) is 52.4 Å². The fraction of sp³-hybridized carbons (Fsp3) is 0.417. The predicted octanol–water partition coefficient (Wildman–Crippen LogP) is 3.45. The number of rotatable bonds is 5. The van der Waals surface area contributed by atoms with Gasteiger partial charge in [-0.25, -0.2) is 4.98 Å². The van der Waals surface area contributed by atoms with Crippen molar-refractivity contribution in [3.05, 3.63) is 50.4 Å². The van der Waals surface area contributed by atoms with Crippen LogP contribution in [-0.2, 0) is 11.3 Å². The van der Waals surface area contributed by atoms with Crippen molar-refractivity contribution in [2.45, 2.75) is 46.2 Å². The van der Waals surface area contributed by atoms with Crippen molar-refractivity contribution >= 4 is 38.9 Å². The van der Waals surface area contributed by atoms with E-state index in [0.29, 0.717) is 34.8 Å². The summed E-state index contributed by atoms with van der Waals surface area (Å²) in [6.45, 7) is 8.08. The average molecular weight is 467 g/mol. The van der Waals surface area contributed by atoms with Gasteiger partial charge in [-0.05, 0) is 70.5 Å². The van der Waals surface area contributed by atoms with Gasteiger partial charge in [0.2, 0.25) is 0 Å². The second-order valence-corrected chi connectivity index (χ2v) is 9.94. The summed E-state index contributed by atoms with van der Waals surface area (Å²) in [7, 11) is 0. The van der Waals surface area contributed by atoms with Gasteiger partial charge in [0.05, 0.1) is 23.7 Å². The molecule has 2 aliphatic rings. The van der Waals surface area contributed by atoms with Crippen LogP contribution in [0, 0.1) is 13.8 Å². The number of nitrogens with zero attached hydrogens (tertiary/aromatic N) is 3. The molecule has 2 aromatic heterocycles. The molecule has 1 saturated heterocycles. The molecular weight excluding hydrogens is 440 g/mol. The van der Waals surface area contributed by atoms with Gasteiger partial charge in [0.25, 0.3) is 11.5 Å². The molecule has 9 heteroatoms. The number of amides is 1. The van der Waals surface area contributed by atoms with Crippen LogP contribution < -0.4 is 15.6 Å². The Morgan fingerprint density at radius 3 is 2.76 bits per heavy atom. The van der Waals surface area contributed by atoms with Crippen LogP contribution >= 0.6 is 11.3 Å². The van der Waals surface area contributed by atoms with Crippen LogP contribution in [0.5, 0.6) is 5.75 Å². The SMILES string of the molecule is Cc1sc2nc(CN3CCCC3)n(C(C)C(=O)c3ccc4c(c3)NC(=O)CO4)c(=O)c2c1C. The molecule has 8 nitrogen and oxygen atoms in total. The van der Waals surface area contributed by atoms with Gasteiger partial charge < -0.3 is 10.1 Å². The summed E-state index contributed by atoms with van der Waals surface area (Å²) in [6.07, 6.45) is 2.25. The summed E-state index contributed by atoms with van der Waals surface area (Å²) in [5.74, 6) is 0.666. The number of anilines is 1. The number of hydrogen-bond donors (Lipinski definition) is 1. The zero-order chi connectivity index (χ0) is 23.3. The summed E-state index contributed by atoms with van der Waals surface area (Å²) in [5, 5.41) is 3.33. The minimum Gasteiger partial charge on any atom is -0.482 e. The van der Waals surface area contributed by atoms with E-state index in [4.69, 9.17) is 9.72 Å². The summed E-state index contributed by atoms with van der Waals surface area (Å²) in [6, 6.07) is 4.22. The quantitative estimate of drug-likeness (QED) is 0.579. The molecule has 0 aliphatic carbocycles. The van der Waals surface area contributed by atoms with Crippen molar-refractivity contribution in [1.82, 2.24) is 14.5 Å². The van der Waals surface area contributed by atoms with E-state index in [1.54, 1.807) is 29.7 Å². The van der Waals surface area contributed by atoms with E-state index in [-0.39, 0.29) is 23.9 Å². The monoisotopic (exact) mass is 466 g/mol. The maximum atomic E-state index is 13.7. The molecule has 1 aromatic carbocycles. The molecule has 0 bridgehead atoms. The highest BCUT2D eigenvalue weighted by molar-refractivity contribution is 7.18. The van der Waals surface area contributed by atoms with Gasteiger partial charge >= 0.3 is 0 Å². The van der Waals surface area contributed by atoms with E-state index in [1.165, 1.54) is 11.3 Å². The molecule has 1 atom stereocenters. The minimum atomic E-state index is -0.745. The summed E-state index contributed by atoms with van der Waals surface area (Å²) in [4.78, 5) is 47.9. The van der Waals surface area contributed by atoms with Crippen molar-refractivity contribution in [2.75, 3.05) is 25.0 Å². The number of ether oxygens (including phenoxy) is 1. The number of benzene rings is 1. The molecule has 1 amide bonds. The number of aromatic nitrogens is 2. The average Bonchev–Trinajstić information content (AvgIpc) is 3.40. The topological polar surface area (TPSA) is 93.5 Å². The van der Waals surface area contributed by atoms with E-state index < -0.39 is 6.04 Å². The predicted molar refractivity (Wildman–Crippen MR) is 127 cm³/mol. The van der Waals surface area contributed by atoms with Crippen molar-refractivity contribution < 1.29 is 14.3 Å². The first kappa shape index (κ1) is 21.8. The van der Waals surface area contributed by atoms with Crippen LogP contribution in [-0.4, -0.2) is 45.8 Å². The van der Waals surface area contributed by atoms with Crippen molar-refractivity contribution in [1.29, 1.82) is 0 Å². The molecule has 0 saturated carbocycles. The second kappa shape index (κ2) is 8.39. The number of aryl methyl sites for hydroxylation is 2. The van der Waals surface area contributed by atoms with E-state index >= 15 is 0 Å². The standard InChI is InChI=1S/C24H26N4O4S/c1-13-15(3)33-23-21(13)24(31)28(19(26-23)11-27-8-4-5-9-27)14(2)22(30)16-6-7-18-17(10-16)25-20(29)12-32-18/h6-7,10,14H,4-5,8-9,11-12H2,1-3H3,(H,25,29). The largest absolute Gasteiger partial charge is 0.482 e. The van der Waals surface area contributed by atoms with Crippen molar-refractivity contribution in [3.63, 3.8) is 0 Å². The smallest absolute Gasteiger partial charge is 0.263 e. The maximum Gasteiger partial charge on any atom is 0.263 e. The van der Waals surface area contributed by atoms with Crippen molar-refractivity contribution in [2.24, 2.45) is 0 Å². The van der Waals surface area contributed by atoms with Gasteiger partial charge in [-0.2, -0.15) is 0 Å². The first-order chi connectivity index (χ1) is 15.8. The molecule has 172 valence electrons. The number of nitrogens with one attached hydrogen (secondary N) is 1. The number of thiophene rings is 1. The van der Waals surface area contributed by atoms with Crippen LogP contribution in [0.2, 0.25) is 0 Å². The normalized spacial score (nSPS) is 17.0. The number of likely N-dealkylation sites (tertiary alicyclic amines) is 1. The molecule has 4 heterocycles. The fourth-order valence-corrected chi connectivity index (χ4v) is 5.63. The number of hydrogen-bond acceptors (Lipinski definition) is 7. The molecule has 0 radical (unpaired) electrons. The molecule has 5 rings (SSSR count). The lowest BCUT2D eigenvalue weighted by molar-refractivity contribution is -0.118. The Bertz CT molecular complexity index is 1340. The van der Waals surface area contributed by atoms with Crippen LogP contribution in [0.4, 0.5) is 5.69 Å². The zero-order valence-electron chi connectivity index (χ0n) is 18.9. The maximum absolute atomic E-state index is 13.7.